The van der Waals surface area contributed by atoms with Gasteiger partial charge in [0.1, 0.15) is 0 Å². The van der Waals surface area contributed by atoms with E-state index in [1.54, 1.807) is 0 Å². The molecule has 4 nitrogen and oxygen atoms in total. The number of carbonyl (C=O) groups excluding carboxylic acids is 1. The number of hydrogen-bond donors (Lipinski definition) is 3. The van der Waals surface area contributed by atoms with Gasteiger partial charge < -0.3 is 16.4 Å². The summed E-state index contributed by atoms with van der Waals surface area (Å²) in [6, 6.07) is 5.69. The summed E-state index contributed by atoms with van der Waals surface area (Å²) in [5.41, 5.74) is 7.44. The van der Waals surface area contributed by atoms with E-state index < -0.39 is 0 Å². The number of halogens is 1. The largest absolute Gasteiger partial charge is 0.399 e. The minimum absolute atomic E-state index is 0.0849. The second kappa shape index (κ2) is 7.45. The van der Waals surface area contributed by atoms with Gasteiger partial charge in [0.25, 0.3) is 0 Å². The molecule has 0 heterocycles. The molecule has 0 aliphatic carbocycles. The van der Waals surface area contributed by atoms with Gasteiger partial charge in [-0.2, -0.15) is 0 Å². The number of carbonyl (C=O) groups is 1. The van der Waals surface area contributed by atoms with Crippen molar-refractivity contribution in [3.63, 3.8) is 0 Å². The van der Waals surface area contributed by atoms with E-state index in [-0.39, 0.29) is 5.91 Å². The first-order valence-electron chi connectivity index (χ1n) is 6.04. The lowest BCUT2D eigenvalue weighted by molar-refractivity contribution is -0.120. The van der Waals surface area contributed by atoms with E-state index >= 15 is 0 Å². The molecule has 0 bridgehead atoms. The summed E-state index contributed by atoms with van der Waals surface area (Å²) in [4.78, 5) is 11.5. The maximum atomic E-state index is 11.5. The van der Waals surface area contributed by atoms with E-state index in [0.717, 1.165) is 21.5 Å². The van der Waals surface area contributed by atoms with Gasteiger partial charge in [-0.3, -0.25) is 4.79 Å². The van der Waals surface area contributed by atoms with Gasteiger partial charge in [0.2, 0.25) is 5.91 Å². The number of nitrogens with two attached hydrogens (primary N) is 1. The Balaban J connectivity index is 2.31. The molecule has 100 valence electrons. The summed E-state index contributed by atoms with van der Waals surface area (Å²) in [5.74, 6) is 0.571. The first-order valence-corrected chi connectivity index (χ1v) is 7.12. The number of nitrogens with one attached hydrogen (secondary N) is 2. The summed E-state index contributed by atoms with van der Waals surface area (Å²) in [6.07, 6.45) is 0.479. The molecule has 0 atom stereocenters. The van der Waals surface area contributed by atoms with Crippen molar-refractivity contribution >= 4 is 39.9 Å². The highest BCUT2D eigenvalue weighted by atomic mass is 127. The third-order valence-corrected chi connectivity index (χ3v) is 3.26. The predicted molar refractivity (Wildman–Crippen MR) is 84.5 cm³/mol. The maximum Gasteiger partial charge on any atom is 0.221 e. The average Bonchev–Trinajstić information content (AvgIpc) is 2.29. The normalized spacial score (nSPS) is 10.4. The monoisotopic (exact) mass is 361 g/mol. The van der Waals surface area contributed by atoms with Gasteiger partial charge in [-0.25, -0.2) is 0 Å². The Labute approximate surface area is 122 Å². The molecule has 0 aromatic heterocycles. The van der Waals surface area contributed by atoms with Crippen LogP contribution >= 0.6 is 22.6 Å². The van der Waals surface area contributed by atoms with Crippen LogP contribution in [0.2, 0.25) is 0 Å². The zero-order valence-corrected chi connectivity index (χ0v) is 13.0. The Morgan fingerprint density at radius 1 is 1.44 bits per heavy atom. The molecule has 1 rings (SSSR count). The Morgan fingerprint density at radius 2 is 2.17 bits per heavy atom. The van der Waals surface area contributed by atoms with Crippen LogP contribution < -0.4 is 16.4 Å². The fourth-order valence-corrected chi connectivity index (χ4v) is 2.12. The molecule has 0 saturated heterocycles. The molecule has 1 aromatic carbocycles. The van der Waals surface area contributed by atoms with Crippen molar-refractivity contribution in [1.82, 2.24) is 5.32 Å². The highest BCUT2D eigenvalue weighted by Crippen LogP contribution is 2.20. The SMILES string of the molecule is CC(C)CNC(=O)CCNc1ccc(N)cc1I. The van der Waals surface area contributed by atoms with Crippen LogP contribution in [-0.4, -0.2) is 19.0 Å². The van der Waals surface area contributed by atoms with Gasteiger partial charge >= 0.3 is 0 Å². The minimum Gasteiger partial charge on any atom is -0.399 e. The molecule has 0 spiro atoms. The van der Waals surface area contributed by atoms with Gasteiger partial charge in [-0.1, -0.05) is 13.8 Å². The molecule has 0 radical (unpaired) electrons. The highest BCUT2D eigenvalue weighted by Gasteiger charge is 2.03. The summed E-state index contributed by atoms with van der Waals surface area (Å²) in [5, 5.41) is 6.13. The lowest BCUT2D eigenvalue weighted by atomic mass is 10.2. The Bertz CT molecular complexity index is 407. The second-order valence-corrected chi connectivity index (χ2v) is 5.78. The van der Waals surface area contributed by atoms with Crippen LogP contribution in [0, 0.1) is 9.49 Å². The van der Waals surface area contributed by atoms with Gasteiger partial charge in [0.15, 0.2) is 0 Å². The number of anilines is 2. The van der Waals surface area contributed by atoms with E-state index in [2.05, 4.69) is 47.1 Å². The maximum absolute atomic E-state index is 11.5. The zero-order chi connectivity index (χ0) is 13.5. The van der Waals surface area contributed by atoms with Crippen molar-refractivity contribution in [2.24, 2.45) is 5.92 Å². The van der Waals surface area contributed by atoms with E-state index in [4.69, 9.17) is 5.73 Å². The van der Waals surface area contributed by atoms with Crippen molar-refractivity contribution in [2.45, 2.75) is 20.3 Å². The van der Waals surface area contributed by atoms with Crippen LogP contribution in [0.3, 0.4) is 0 Å². The first-order chi connectivity index (χ1) is 8.49. The van der Waals surface area contributed by atoms with Gasteiger partial charge in [-0.05, 0) is 46.7 Å². The fraction of sp³-hybridized carbons (Fsp3) is 0.462. The van der Waals surface area contributed by atoms with Crippen molar-refractivity contribution in [3.8, 4) is 0 Å². The quantitative estimate of drug-likeness (QED) is 0.539. The lowest BCUT2D eigenvalue weighted by Crippen LogP contribution is -2.28. The molecular formula is C13H20IN3O. The average molecular weight is 361 g/mol. The number of amides is 1. The molecule has 0 saturated carbocycles. The van der Waals surface area contributed by atoms with Crippen LogP contribution in [0.25, 0.3) is 0 Å². The van der Waals surface area contributed by atoms with Crippen molar-refractivity contribution in [2.75, 3.05) is 24.1 Å². The smallest absolute Gasteiger partial charge is 0.221 e. The van der Waals surface area contributed by atoms with Crippen LogP contribution in [0.1, 0.15) is 20.3 Å². The molecule has 1 amide bonds. The topological polar surface area (TPSA) is 67.2 Å². The van der Waals surface area contributed by atoms with Gasteiger partial charge in [0.05, 0.1) is 0 Å². The molecule has 0 aliphatic heterocycles. The Morgan fingerprint density at radius 3 is 2.78 bits per heavy atom. The zero-order valence-electron chi connectivity index (χ0n) is 10.8. The summed E-state index contributed by atoms with van der Waals surface area (Å²) >= 11 is 2.23. The molecule has 0 fully saturated rings. The van der Waals surface area contributed by atoms with E-state index in [1.165, 1.54) is 0 Å². The molecule has 1 aromatic rings. The number of nitrogen functional groups attached to an aromatic ring is 1. The third-order valence-electron chi connectivity index (χ3n) is 2.37. The van der Waals surface area contributed by atoms with E-state index in [9.17, 15) is 4.79 Å². The molecule has 4 N–H and O–H groups in total. The predicted octanol–water partition coefficient (Wildman–Crippen LogP) is 2.45. The molecule has 0 unspecified atom stereocenters. The second-order valence-electron chi connectivity index (χ2n) is 4.61. The van der Waals surface area contributed by atoms with Crippen LogP contribution in [0.5, 0.6) is 0 Å². The Hall–Kier alpha value is -0.980. The number of hydrogen-bond acceptors (Lipinski definition) is 3. The third kappa shape index (κ3) is 5.57. The first kappa shape index (κ1) is 15.1. The lowest BCUT2D eigenvalue weighted by Gasteiger charge is -2.10. The van der Waals surface area contributed by atoms with Gasteiger partial charge in [0, 0.05) is 34.5 Å². The van der Waals surface area contributed by atoms with Crippen LogP contribution in [0.15, 0.2) is 18.2 Å². The summed E-state index contributed by atoms with van der Waals surface area (Å²) < 4.78 is 1.06. The summed E-state index contributed by atoms with van der Waals surface area (Å²) in [7, 11) is 0. The number of rotatable bonds is 6. The van der Waals surface area contributed by atoms with Crippen LogP contribution in [-0.2, 0) is 4.79 Å². The van der Waals surface area contributed by atoms with Gasteiger partial charge in [-0.15, -0.1) is 0 Å². The molecular weight excluding hydrogens is 341 g/mol. The Kier molecular flexibility index (Phi) is 6.24. The van der Waals surface area contributed by atoms with E-state index in [1.807, 2.05) is 18.2 Å². The fourth-order valence-electron chi connectivity index (χ4n) is 1.39. The van der Waals surface area contributed by atoms with E-state index in [0.29, 0.717) is 18.9 Å². The molecule has 0 aliphatic rings. The highest BCUT2D eigenvalue weighted by molar-refractivity contribution is 14.1. The summed E-state index contributed by atoms with van der Waals surface area (Å²) in [6.45, 7) is 5.52. The molecule has 18 heavy (non-hydrogen) atoms. The number of benzene rings is 1. The standard InChI is InChI=1S/C13H20IN3O/c1-9(2)8-17-13(18)5-6-16-12-4-3-10(15)7-11(12)14/h3-4,7,9,16H,5-6,8,15H2,1-2H3,(H,17,18). The molecule has 5 heteroatoms. The van der Waals surface area contributed by atoms with Crippen molar-refractivity contribution in [3.05, 3.63) is 21.8 Å². The van der Waals surface area contributed by atoms with Crippen LogP contribution in [0.4, 0.5) is 11.4 Å². The van der Waals surface area contributed by atoms with Crippen molar-refractivity contribution in [1.29, 1.82) is 0 Å². The minimum atomic E-state index is 0.0849. The van der Waals surface area contributed by atoms with Crippen molar-refractivity contribution < 1.29 is 4.79 Å².